The van der Waals surface area contributed by atoms with Crippen LogP contribution >= 0.6 is 0 Å². The van der Waals surface area contributed by atoms with Crippen molar-refractivity contribution in [3.8, 4) is 0 Å². The molecule has 1 atom stereocenters. The first-order chi connectivity index (χ1) is 6.74. The van der Waals surface area contributed by atoms with E-state index in [0.717, 1.165) is 6.54 Å². The van der Waals surface area contributed by atoms with Crippen LogP contribution in [0.1, 0.15) is 46.5 Å². The van der Waals surface area contributed by atoms with Crippen molar-refractivity contribution in [3.63, 3.8) is 0 Å². The summed E-state index contributed by atoms with van der Waals surface area (Å²) in [6, 6.07) is 0.678. The van der Waals surface area contributed by atoms with Gasteiger partial charge in [-0.1, -0.05) is 27.2 Å². The molecule has 0 aliphatic rings. The van der Waals surface area contributed by atoms with Crippen molar-refractivity contribution >= 4 is 0 Å². The predicted octanol–water partition coefficient (Wildman–Crippen LogP) is 2.50. The molecule has 0 aromatic rings. The lowest BCUT2D eigenvalue weighted by Gasteiger charge is -2.23. The van der Waals surface area contributed by atoms with E-state index in [1.165, 1.54) is 38.8 Å². The van der Waals surface area contributed by atoms with Crippen LogP contribution in [-0.4, -0.2) is 37.6 Å². The van der Waals surface area contributed by atoms with Crippen LogP contribution in [0.15, 0.2) is 0 Å². The van der Waals surface area contributed by atoms with Crippen molar-refractivity contribution in [2.24, 2.45) is 0 Å². The van der Waals surface area contributed by atoms with Gasteiger partial charge in [-0.15, -0.1) is 0 Å². The summed E-state index contributed by atoms with van der Waals surface area (Å²) >= 11 is 0. The highest BCUT2D eigenvalue weighted by atomic mass is 15.1. The Morgan fingerprint density at radius 3 is 2.36 bits per heavy atom. The minimum absolute atomic E-state index is 0.678. The van der Waals surface area contributed by atoms with E-state index in [2.05, 4.69) is 38.0 Å². The molecule has 0 rings (SSSR count). The van der Waals surface area contributed by atoms with Gasteiger partial charge in [-0.05, 0) is 39.4 Å². The lowest BCUT2D eigenvalue weighted by molar-refractivity contribution is 0.280. The third-order valence-electron chi connectivity index (χ3n) is 2.60. The second-order valence-electron chi connectivity index (χ2n) is 4.18. The number of rotatable bonds is 9. The molecular formula is C12H28N2. The largest absolute Gasteiger partial charge is 0.313 e. The molecule has 14 heavy (non-hydrogen) atoms. The lowest BCUT2D eigenvalue weighted by Crippen LogP contribution is -2.39. The van der Waals surface area contributed by atoms with Crippen LogP contribution in [0.3, 0.4) is 0 Å². The number of unbranched alkanes of at least 4 members (excludes halogenated alkanes) is 1. The summed E-state index contributed by atoms with van der Waals surface area (Å²) in [5, 5.41) is 3.58. The zero-order valence-corrected chi connectivity index (χ0v) is 10.5. The second-order valence-corrected chi connectivity index (χ2v) is 4.18. The molecule has 0 aromatic heterocycles. The summed E-state index contributed by atoms with van der Waals surface area (Å²) in [5.41, 5.74) is 0. The highest BCUT2D eigenvalue weighted by molar-refractivity contribution is 4.68. The molecule has 0 saturated heterocycles. The Bertz CT molecular complexity index is 115. The maximum Gasteiger partial charge on any atom is 0.0192 e. The molecule has 0 amide bonds. The van der Waals surface area contributed by atoms with Crippen LogP contribution in [0.4, 0.5) is 0 Å². The fraction of sp³-hybridized carbons (Fsp3) is 1.00. The Balaban J connectivity index is 3.57. The molecular weight excluding hydrogens is 172 g/mol. The first kappa shape index (κ1) is 13.9. The van der Waals surface area contributed by atoms with Crippen LogP contribution in [0.2, 0.25) is 0 Å². The van der Waals surface area contributed by atoms with E-state index in [4.69, 9.17) is 0 Å². The van der Waals surface area contributed by atoms with Crippen LogP contribution in [0, 0.1) is 0 Å². The Kier molecular flexibility index (Phi) is 9.42. The molecule has 2 heteroatoms. The molecule has 1 N–H and O–H groups in total. The molecule has 2 nitrogen and oxygen atoms in total. The zero-order chi connectivity index (χ0) is 10.8. The van der Waals surface area contributed by atoms with Gasteiger partial charge in [0.25, 0.3) is 0 Å². The van der Waals surface area contributed by atoms with Gasteiger partial charge in [0.1, 0.15) is 0 Å². The lowest BCUT2D eigenvalue weighted by atomic mass is 10.2. The minimum Gasteiger partial charge on any atom is -0.313 e. The quantitative estimate of drug-likeness (QED) is 0.615. The fourth-order valence-electron chi connectivity index (χ4n) is 1.58. The van der Waals surface area contributed by atoms with Crippen LogP contribution in [0.25, 0.3) is 0 Å². The minimum atomic E-state index is 0.678. The van der Waals surface area contributed by atoms with Crippen LogP contribution in [0.5, 0.6) is 0 Å². The van der Waals surface area contributed by atoms with Crippen molar-refractivity contribution in [1.29, 1.82) is 0 Å². The van der Waals surface area contributed by atoms with E-state index in [1.54, 1.807) is 0 Å². The average molecular weight is 200 g/mol. The number of hydrogen-bond donors (Lipinski definition) is 1. The molecule has 0 aliphatic carbocycles. The van der Waals surface area contributed by atoms with E-state index >= 15 is 0 Å². The number of nitrogens with zero attached hydrogens (tertiary/aromatic N) is 1. The molecule has 0 fully saturated rings. The van der Waals surface area contributed by atoms with Gasteiger partial charge in [0.2, 0.25) is 0 Å². The third kappa shape index (κ3) is 7.34. The van der Waals surface area contributed by atoms with E-state index in [1.807, 2.05) is 0 Å². The van der Waals surface area contributed by atoms with E-state index in [0.29, 0.717) is 6.04 Å². The van der Waals surface area contributed by atoms with Crippen molar-refractivity contribution < 1.29 is 0 Å². The maximum absolute atomic E-state index is 3.58. The van der Waals surface area contributed by atoms with E-state index < -0.39 is 0 Å². The van der Waals surface area contributed by atoms with Gasteiger partial charge in [0, 0.05) is 12.6 Å². The maximum atomic E-state index is 3.58. The third-order valence-corrected chi connectivity index (χ3v) is 2.60. The molecule has 0 spiro atoms. The van der Waals surface area contributed by atoms with Gasteiger partial charge in [0.05, 0.1) is 0 Å². The molecule has 0 aliphatic heterocycles. The van der Waals surface area contributed by atoms with E-state index in [9.17, 15) is 0 Å². The summed E-state index contributed by atoms with van der Waals surface area (Å²) in [6.45, 7) is 10.3. The summed E-state index contributed by atoms with van der Waals surface area (Å²) in [7, 11) is 2.23. The first-order valence-electron chi connectivity index (χ1n) is 6.16. The topological polar surface area (TPSA) is 15.3 Å². The molecule has 0 radical (unpaired) electrons. The fourth-order valence-corrected chi connectivity index (χ4v) is 1.58. The molecule has 0 saturated carbocycles. The summed E-state index contributed by atoms with van der Waals surface area (Å²) in [6.07, 6.45) is 5.08. The van der Waals surface area contributed by atoms with E-state index in [-0.39, 0.29) is 0 Å². The Morgan fingerprint density at radius 1 is 1.14 bits per heavy atom. The first-order valence-corrected chi connectivity index (χ1v) is 6.16. The van der Waals surface area contributed by atoms with Gasteiger partial charge < -0.3 is 10.2 Å². The highest BCUT2D eigenvalue weighted by Crippen LogP contribution is 1.97. The average Bonchev–Trinajstić information content (AvgIpc) is 2.21. The highest BCUT2D eigenvalue weighted by Gasteiger charge is 2.07. The summed E-state index contributed by atoms with van der Waals surface area (Å²) in [4.78, 5) is 2.44. The van der Waals surface area contributed by atoms with Crippen LogP contribution < -0.4 is 5.32 Å². The van der Waals surface area contributed by atoms with Gasteiger partial charge in [-0.2, -0.15) is 0 Å². The SMILES string of the molecule is CCCCN(C)CC(CC)NCCC. The monoisotopic (exact) mass is 200 g/mol. The smallest absolute Gasteiger partial charge is 0.0192 e. The second kappa shape index (κ2) is 9.47. The zero-order valence-electron chi connectivity index (χ0n) is 10.5. The molecule has 1 unspecified atom stereocenters. The van der Waals surface area contributed by atoms with Crippen molar-refractivity contribution in [2.45, 2.75) is 52.5 Å². The Morgan fingerprint density at radius 2 is 1.86 bits per heavy atom. The van der Waals surface area contributed by atoms with Gasteiger partial charge in [-0.3, -0.25) is 0 Å². The summed E-state index contributed by atoms with van der Waals surface area (Å²) in [5.74, 6) is 0. The number of hydrogen-bond acceptors (Lipinski definition) is 2. The van der Waals surface area contributed by atoms with Gasteiger partial charge in [-0.25, -0.2) is 0 Å². The van der Waals surface area contributed by atoms with Gasteiger partial charge in [0.15, 0.2) is 0 Å². The van der Waals surface area contributed by atoms with Gasteiger partial charge >= 0.3 is 0 Å². The van der Waals surface area contributed by atoms with Crippen molar-refractivity contribution in [2.75, 3.05) is 26.7 Å². The molecule has 0 bridgehead atoms. The predicted molar refractivity (Wildman–Crippen MR) is 64.8 cm³/mol. The Labute approximate surface area is 90.1 Å². The van der Waals surface area contributed by atoms with Crippen LogP contribution in [-0.2, 0) is 0 Å². The number of likely N-dealkylation sites (N-methyl/N-ethyl adjacent to an activating group) is 1. The standard InChI is InChI=1S/C12H28N2/c1-5-8-10-14(4)11-12(7-3)13-9-6-2/h12-13H,5-11H2,1-4H3. The molecule has 86 valence electrons. The molecule has 0 heterocycles. The van der Waals surface area contributed by atoms with Crippen molar-refractivity contribution in [3.05, 3.63) is 0 Å². The van der Waals surface area contributed by atoms with Crippen molar-refractivity contribution in [1.82, 2.24) is 10.2 Å². The summed E-state index contributed by atoms with van der Waals surface area (Å²) < 4.78 is 0. The number of nitrogens with one attached hydrogen (secondary N) is 1. The normalized spacial score (nSPS) is 13.5. The Hall–Kier alpha value is -0.0800. The molecule has 0 aromatic carbocycles.